The van der Waals surface area contributed by atoms with Crippen LogP contribution in [-0.2, 0) is 6.54 Å². The highest BCUT2D eigenvalue weighted by atomic mass is 15.3. The highest BCUT2D eigenvalue weighted by molar-refractivity contribution is 5.96. The summed E-state index contributed by atoms with van der Waals surface area (Å²) in [6, 6.07) is 9.09. The van der Waals surface area contributed by atoms with Gasteiger partial charge in [0.25, 0.3) is 0 Å². The molecule has 4 heteroatoms. The molecule has 2 atom stereocenters. The van der Waals surface area contributed by atoms with Crippen LogP contribution in [0.3, 0.4) is 0 Å². The monoisotopic (exact) mass is 260 g/mol. The van der Waals surface area contributed by atoms with Gasteiger partial charge in [0.1, 0.15) is 5.84 Å². The number of rotatable bonds is 3. The summed E-state index contributed by atoms with van der Waals surface area (Å²) in [5.74, 6) is 0.158. The second-order valence-corrected chi connectivity index (χ2v) is 5.63. The smallest absolute Gasteiger partial charge is 0.123 e. The molecule has 0 aliphatic carbocycles. The van der Waals surface area contributed by atoms with Gasteiger partial charge in [-0.3, -0.25) is 15.2 Å². The molecule has 0 amide bonds. The number of nitrogens with zero attached hydrogens (tertiary/aromatic N) is 2. The van der Waals surface area contributed by atoms with Crippen molar-refractivity contribution < 1.29 is 0 Å². The van der Waals surface area contributed by atoms with Crippen molar-refractivity contribution in [3.8, 4) is 0 Å². The first-order valence-electron chi connectivity index (χ1n) is 6.85. The van der Waals surface area contributed by atoms with E-state index in [0.717, 1.165) is 30.8 Å². The van der Waals surface area contributed by atoms with Gasteiger partial charge in [0, 0.05) is 37.3 Å². The van der Waals surface area contributed by atoms with Crippen molar-refractivity contribution in [1.29, 1.82) is 5.41 Å². The summed E-state index contributed by atoms with van der Waals surface area (Å²) < 4.78 is 0. The van der Waals surface area contributed by atoms with Gasteiger partial charge >= 0.3 is 0 Å². The van der Waals surface area contributed by atoms with Crippen LogP contribution in [0.25, 0.3) is 0 Å². The Balaban J connectivity index is 2.12. The first-order chi connectivity index (χ1) is 8.99. The van der Waals surface area contributed by atoms with E-state index in [0.29, 0.717) is 12.1 Å². The summed E-state index contributed by atoms with van der Waals surface area (Å²) in [7, 11) is 2.19. The third-order valence-corrected chi connectivity index (χ3v) is 4.14. The van der Waals surface area contributed by atoms with E-state index in [1.807, 2.05) is 18.2 Å². The van der Waals surface area contributed by atoms with Crippen LogP contribution in [0.4, 0.5) is 0 Å². The zero-order valence-corrected chi connectivity index (χ0v) is 12.1. The van der Waals surface area contributed by atoms with Crippen molar-refractivity contribution in [2.24, 2.45) is 5.73 Å². The minimum absolute atomic E-state index is 0.158. The molecular weight excluding hydrogens is 236 g/mol. The molecule has 104 valence electrons. The van der Waals surface area contributed by atoms with Gasteiger partial charge in [-0.2, -0.15) is 0 Å². The number of piperazine rings is 1. The van der Waals surface area contributed by atoms with Gasteiger partial charge in [-0.05, 0) is 26.5 Å². The van der Waals surface area contributed by atoms with Crippen LogP contribution < -0.4 is 5.73 Å². The average Bonchev–Trinajstić information content (AvgIpc) is 2.36. The van der Waals surface area contributed by atoms with E-state index < -0.39 is 0 Å². The van der Waals surface area contributed by atoms with Crippen molar-refractivity contribution >= 4 is 5.84 Å². The van der Waals surface area contributed by atoms with E-state index >= 15 is 0 Å². The van der Waals surface area contributed by atoms with E-state index in [2.05, 4.69) is 36.8 Å². The second-order valence-electron chi connectivity index (χ2n) is 5.63. The zero-order valence-electron chi connectivity index (χ0n) is 12.1. The number of hydrogen-bond acceptors (Lipinski definition) is 3. The molecule has 0 spiro atoms. The molecule has 1 aliphatic heterocycles. The fourth-order valence-corrected chi connectivity index (χ4v) is 2.80. The summed E-state index contributed by atoms with van der Waals surface area (Å²) >= 11 is 0. The topological polar surface area (TPSA) is 56.4 Å². The lowest BCUT2D eigenvalue weighted by Gasteiger charge is -2.42. The summed E-state index contributed by atoms with van der Waals surface area (Å²) in [6.45, 7) is 7.53. The van der Waals surface area contributed by atoms with Gasteiger partial charge in [-0.1, -0.05) is 24.3 Å². The molecule has 0 bridgehead atoms. The van der Waals surface area contributed by atoms with Crippen LogP contribution in [-0.4, -0.2) is 47.9 Å². The highest BCUT2D eigenvalue weighted by Gasteiger charge is 2.26. The maximum Gasteiger partial charge on any atom is 0.123 e. The van der Waals surface area contributed by atoms with Gasteiger partial charge in [0.05, 0.1) is 0 Å². The van der Waals surface area contributed by atoms with Crippen molar-refractivity contribution in [3.05, 3.63) is 35.4 Å². The van der Waals surface area contributed by atoms with Crippen molar-refractivity contribution in [1.82, 2.24) is 9.80 Å². The molecule has 4 nitrogen and oxygen atoms in total. The molecule has 19 heavy (non-hydrogen) atoms. The third-order valence-electron chi connectivity index (χ3n) is 4.14. The summed E-state index contributed by atoms with van der Waals surface area (Å²) in [4.78, 5) is 4.88. The predicted octanol–water partition coefficient (Wildman–Crippen LogP) is 1.50. The number of hydrogen-bond donors (Lipinski definition) is 2. The summed E-state index contributed by atoms with van der Waals surface area (Å²) in [5, 5.41) is 7.66. The normalized spacial score (nSPS) is 25.4. The van der Waals surface area contributed by atoms with Gasteiger partial charge in [0.15, 0.2) is 0 Å². The molecule has 0 saturated carbocycles. The number of nitrogen functional groups attached to an aromatic ring is 1. The Morgan fingerprint density at radius 2 is 1.84 bits per heavy atom. The van der Waals surface area contributed by atoms with E-state index in [9.17, 15) is 0 Å². The average molecular weight is 260 g/mol. The van der Waals surface area contributed by atoms with Gasteiger partial charge in [0.2, 0.25) is 0 Å². The molecule has 1 aromatic carbocycles. The van der Waals surface area contributed by atoms with Crippen LogP contribution in [0, 0.1) is 5.41 Å². The lowest BCUT2D eigenvalue weighted by molar-refractivity contribution is 0.0556. The van der Waals surface area contributed by atoms with Gasteiger partial charge < -0.3 is 5.73 Å². The van der Waals surface area contributed by atoms with Crippen LogP contribution in [0.5, 0.6) is 0 Å². The first kappa shape index (κ1) is 14.0. The fourth-order valence-electron chi connectivity index (χ4n) is 2.80. The van der Waals surface area contributed by atoms with Crippen LogP contribution in [0.15, 0.2) is 24.3 Å². The Bertz CT molecular complexity index is 445. The van der Waals surface area contributed by atoms with E-state index in [4.69, 9.17) is 11.1 Å². The molecule has 3 N–H and O–H groups in total. The zero-order chi connectivity index (χ0) is 14.0. The second kappa shape index (κ2) is 5.72. The van der Waals surface area contributed by atoms with Gasteiger partial charge in [-0.25, -0.2) is 0 Å². The Kier molecular flexibility index (Phi) is 4.22. The lowest BCUT2D eigenvalue weighted by Crippen LogP contribution is -2.54. The van der Waals surface area contributed by atoms with E-state index in [-0.39, 0.29) is 5.84 Å². The lowest BCUT2D eigenvalue weighted by atomic mass is 10.0. The summed E-state index contributed by atoms with van der Waals surface area (Å²) in [5.41, 5.74) is 7.67. The molecule has 1 saturated heterocycles. The van der Waals surface area contributed by atoms with E-state index in [1.54, 1.807) is 0 Å². The maximum atomic E-state index is 7.66. The first-order valence-corrected chi connectivity index (χ1v) is 6.85. The number of nitrogens with two attached hydrogens (primary N) is 1. The summed E-state index contributed by atoms with van der Waals surface area (Å²) in [6.07, 6.45) is 0. The molecule has 1 aromatic rings. The Morgan fingerprint density at radius 1 is 1.26 bits per heavy atom. The number of benzene rings is 1. The Hall–Kier alpha value is -1.39. The van der Waals surface area contributed by atoms with Crippen LogP contribution in [0.1, 0.15) is 25.0 Å². The molecular formula is C15H24N4. The van der Waals surface area contributed by atoms with Crippen molar-refractivity contribution in [2.75, 3.05) is 20.1 Å². The minimum Gasteiger partial charge on any atom is -0.384 e. The van der Waals surface area contributed by atoms with E-state index in [1.165, 1.54) is 0 Å². The maximum absolute atomic E-state index is 7.66. The van der Waals surface area contributed by atoms with Crippen molar-refractivity contribution in [3.63, 3.8) is 0 Å². The van der Waals surface area contributed by atoms with Crippen LogP contribution >= 0.6 is 0 Å². The largest absolute Gasteiger partial charge is 0.384 e. The molecule has 2 rings (SSSR count). The molecule has 1 aliphatic rings. The standard InChI is InChI=1S/C15H24N4/c1-11-8-19(9-12(2)18(11)3)10-13-6-4-5-7-14(13)15(16)17/h4-7,11-12H,8-10H2,1-3H3,(H3,16,17). The third kappa shape index (κ3) is 3.14. The molecule has 1 fully saturated rings. The van der Waals surface area contributed by atoms with Crippen LogP contribution in [0.2, 0.25) is 0 Å². The molecule has 0 aromatic heterocycles. The molecule has 1 heterocycles. The number of amidine groups is 1. The van der Waals surface area contributed by atoms with Gasteiger partial charge in [-0.15, -0.1) is 0 Å². The predicted molar refractivity (Wildman–Crippen MR) is 79.4 cm³/mol. The SMILES string of the molecule is CC1CN(Cc2ccccc2C(=N)N)CC(C)N1C. The highest BCUT2D eigenvalue weighted by Crippen LogP contribution is 2.17. The fraction of sp³-hybridized carbons (Fsp3) is 0.533. The Morgan fingerprint density at radius 3 is 2.42 bits per heavy atom. The van der Waals surface area contributed by atoms with Crippen molar-refractivity contribution in [2.45, 2.75) is 32.5 Å². The molecule has 0 radical (unpaired) electrons. The number of nitrogens with one attached hydrogen (secondary N) is 1. The number of likely N-dealkylation sites (N-methyl/N-ethyl adjacent to an activating group) is 1. The minimum atomic E-state index is 0.158. The Labute approximate surface area is 115 Å². The molecule has 2 unspecified atom stereocenters. The quantitative estimate of drug-likeness (QED) is 0.639.